The average molecular weight is 383 g/mol. The number of hydrogen-bond donors (Lipinski definition) is 1. The number of aromatic amines is 1. The fourth-order valence-electron chi connectivity index (χ4n) is 3.12. The third-order valence-corrected chi connectivity index (χ3v) is 6.19. The van der Waals surface area contributed by atoms with E-state index in [4.69, 9.17) is 35.4 Å². The molecule has 23 heavy (non-hydrogen) atoms. The summed E-state index contributed by atoms with van der Waals surface area (Å²) in [5.74, 6) is 0. The molecule has 0 unspecified atom stereocenters. The van der Waals surface area contributed by atoms with Gasteiger partial charge < -0.3 is 4.98 Å². The lowest BCUT2D eigenvalue weighted by atomic mass is 9.97. The maximum atomic E-state index is 13.1. The van der Waals surface area contributed by atoms with Gasteiger partial charge in [-0.25, -0.2) is 0 Å². The number of aromatic nitrogens is 2. The maximum absolute atomic E-state index is 13.1. The largest absolute Gasteiger partial charge is 0.323 e. The predicted molar refractivity (Wildman–Crippen MR) is 99.3 cm³/mol. The van der Waals surface area contributed by atoms with Gasteiger partial charge in [-0.1, -0.05) is 23.2 Å². The van der Waals surface area contributed by atoms with Crippen molar-refractivity contribution < 1.29 is 0 Å². The first kappa shape index (κ1) is 15.4. The van der Waals surface area contributed by atoms with Crippen LogP contribution in [0.4, 0.5) is 0 Å². The molecule has 1 N–H and O–H groups in total. The summed E-state index contributed by atoms with van der Waals surface area (Å²) in [6.45, 7) is 0. The number of thiophene rings is 1. The van der Waals surface area contributed by atoms with E-state index in [0.29, 0.717) is 20.5 Å². The fourth-order valence-corrected chi connectivity index (χ4v) is 5.24. The highest BCUT2D eigenvalue weighted by molar-refractivity contribution is 7.71. The van der Waals surface area contributed by atoms with Gasteiger partial charge >= 0.3 is 0 Å². The number of rotatable bonds is 1. The monoisotopic (exact) mass is 382 g/mol. The van der Waals surface area contributed by atoms with E-state index in [9.17, 15) is 4.79 Å². The molecule has 0 fully saturated rings. The number of benzene rings is 1. The van der Waals surface area contributed by atoms with Gasteiger partial charge in [-0.2, -0.15) is 0 Å². The summed E-state index contributed by atoms with van der Waals surface area (Å²) in [5.41, 5.74) is 1.62. The molecule has 0 aliphatic heterocycles. The lowest BCUT2D eigenvalue weighted by Gasteiger charge is -2.11. The summed E-state index contributed by atoms with van der Waals surface area (Å²) in [5, 5.41) is 1.68. The minimum Gasteiger partial charge on any atom is -0.323 e. The summed E-state index contributed by atoms with van der Waals surface area (Å²) in [7, 11) is 0. The number of nitrogens with one attached hydrogen (secondary N) is 1. The minimum absolute atomic E-state index is 0.104. The normalized spacial score (nSPS) is 14.2. The summed E-state index contributed by atoms with van der Waals surface area (Å²) in [6.07, 6.45) is 4.29. The molecule has 2 aromatic heterocycles. The molecule has 3 aromatic rings. The second kappa shape index (κ2) is 5.74. The lowest BCUT2D eigenvalue weighted by Crippen LogP contribution is -2.21. The van der Waals surface area contributed by atoms with Gasteiger partial charge in [0, 0.05) is 9.90 Å². The topological polar surface area (TPSA) is 37.8 Å². The Balaban J connectivity index is 2.08. The Morgan fingerprint density at radius 1 is 1.22 bits per heavy atom. The molecular formula is C16H12Cl2N2OS2. The molecule has 1 aliphatic carbocycles. The van der Waals surface area contributed by atoms with Crippen LogP contribution in [0.5, 0.6) is 0 Å². The van der Waals surface area contributed by atoms with Crippen molar-refractivity contribution in [2.45, 2.75) is 25.7 Å². The van der Waals surface area contributed by atoms with Crippen molar-refractivity contribution in [3.8, 4) is 5.69 Å². The van der Waals surface area contributed by atoms with Crippen LogP contribution in [-0.2, 0) is 12.8 Å². The highest BCUT2D eigenvalue weighted by Gasteiger charge is 2.21. The highest BCUT2D eigenvalue weighted by atomic mass is 35.5. The first-order valence-corrected chi connectivity index (χ1v) is 9.29. The Bertz CT molecular complexity index is 1050. The molecule has 0 amide bonds. The highest BCUT2D eigenvalue weighted by Crippen LogP contribution is 2.34. The van der Waals surface area contributed by atoms with Gasteiger partial charge in [-0.15, -0.1) is 11.3 Å². The van der Waals surface area contributed by atoms with E-state index in [1.807, 2.05) is 0 Å². The molecule has 0 spiro atoms. The van der Waals surface area contributed by atoms with Gasteiger partial charge in [-0.3, -0.25) is 9.36 Å². The Morgan fingerprint density at radius 2 is 2.00 bits per heavy atom. The number of hydrogen-bond acceptors (Lipinski definition) is 3. The Labute approximate surface area is 151 Å². The summed E-state index contributed by atoms with van der Waals surface area (Å²) in [4.78, 5) is 18.5. The fraction of sp³-hybridized carbons (Fsp3) is 0.250. The lowest BCUT2D eigenvalue weighted by molar-refractivity contribution is 0.699. The van der Waals surface area contributed by atoms with E-state index in [1.165, 1.54) is 21.4 Å². The van der Waals surface area contributed by atoms with Crippen molar-refractivity contribution >= 4 is 57.0 Å². The van der Waals surface area contributed by atoms with Crippen molar-refractivity contribution in [2.24, 2.45) is 0 Å². The number of nitrogens with zero attached hydrogens (tertiary/aromatic N) is 1. The number of halogens is 2. The van der Waals surface area contributed by atoms with Crippen LogP contribution in [0.15, 0.2) is 23.0 Å². The van der Waals surface area contributed by atoms with Crippen LogP contribution in [0, 0.1) is 4.77 Å². The van der Waals surface area contributed by atoms with Crippen LogP contribution in [0.1, 0.15) is 23.3 Å². The first-order chi connectivity index (χ1) is 11.1. The van der Waals surface area contributed by atoms with Crippen molar-refractivity contribution in [1.29, 1.82) is 0 Å². The molecule has 0 saturated carbocycles. The standard InChI is InChI=1S/C16H12Cl2N2OS2/c17-8-5-6-11(10(18)7-8)20-15(21)13-9-3-1-2-4-12(9)23-14(13)19-16(20)22/h5-7H,1-4H2,(H,19,22). The molecule has 0 radical (unpaired) electrons. The van der Waals surface area contributed by atoms with Gasteiger partial charge in [0.05, 0.1) is 16.1 Å². The number of H-pyrrole nitrogens is 1. The molecule has 2 heterocycles. The number of aryl methyl sites for hydroxylation is 2. The maximum Gasteiger partial charge on any atom is 0.267 e. The van der Waals surface area contributed by atoms with Gasteiger partial charge in [0.2, 0.25) is 0 Å². The average Bonchev–Trinajstić information content (AvgIpc) is 2.87. The molecule has 4 rings (SSSR count). The Morgan fingerprint density at radius 3 is 2.78 bits per heavy atom. The predicted octanol–water partition coefficient (Wildman–Crippen LogP) is 5.30. The molecule has 7 heteroatoms. The SMILES string of the molecule is O=c1c2c3c(sc2[nH]c(=S)n1-c1ccc(Cl)cc1Cl)CCCC3. The van der Waals surface area contributed by atoms with Crippen molar-refractivity contribution in [1.82, 2.24) is 9.55 Å². The van der Waals surface area contributed by atoms with E-state index in [-0.39, 0.29) is 5.56 Å². The molecule has 0 saturated heterocycles. The van der Waals surface area contributed by atoms with E-state index >= 15 is 0 Å². The van der Waals surface area contributed by atoms with E-state index < -0.39 is 0 Å². The van der Waals surface area contributed by atoms with Crippen LogP contribution < -0.4 is 5.56 Å². The minimum atomic E-state index is -0.104. The third-order valence-electron chi connectivity index (χ3n) is 4.16. The molecular weight excluding hydrogens is 371 g/mol. The summed E-state index contributed by atoms with van der Waals surface area (Å²) < 4.78 is 1.82. The van der Waals surface area contributed by atoms with Crippen LogP contribution in [0.3, 0.4) is 0 Å². The van der Waals surface area contributed by atoms with Crippen LogP contribution >= 0.6 is 46.8 Å². The van der Waals surface area contributed by atoms with E-state index in [0.717, 1.165) is 29.5 Å². The number of fused-ring (bicyclic) bond motifs is 3. The van der Waals surface area contributed by atoms with Crippen molar-refractivity contribution in [2.75, 3.05) is 0 Å². The van der Waals surface area contributed by atoms with Crippen molar-refractivity contribution in [3.05, 3.63) is 53.8 Å². The first-order valence-electron chi connectivity index (χ1n) is 7.31. The summed E-state index contributed by atoms with van der Waals surface area (Å²) >= 11 is 19.3. The molecule has 1 aromatic carbocycles. The van der Waals surface area contributed by atoms with Gasteiger partial charge in [0.25, 0.3) is 5.56 Å². The zero-order valence-electron chi connectivity index (χ0n) is 12.0. The molecule has 0 bridgehead atoms. The van der Waals surface area contributed by atoms with Crippen molar-refractivity contribution in [3.63, 3.8) is 0 Å². The second-order valence-corrected chi connectivity index (χ2v) is 7.92. The van der Waals surface area contributed by atoms with Gasteiger partial charge in [0.15, 0.2) is 4.77 Å². The second-order valence-electron chi connectivity index (χ2n) is 5.58. The molecule has 118 valence electrons. The molecule has 3 nitrogen and oxygen atoms in total. The zero-order valence-corrected chi connectivity index (χ0v) is 15.1. The van der Waals surface area contributed by atoms with Gasteiger partial charge in [-0.05, 0) is 61.7 Å². The van der Waals surface area contributed by atoms with Gasteiger partial charge in [0.1, 0.15) is 4.83 Å². The van der Waals surface area contributed by atoms with Crippen LogP contribution in [0.25, 0.3) is 15.9 Å². The Kier molecular flexibility index (Phi) is 3.84. The van der Waals surface area contributed by atoms with Crippen LogP contribution in [-0.4, -0.2) is 9.55 Å². The smallest absolute Gasteiger partial charge is 0.267 e. The third kappa shape index (κ3) is 2.47. The molecule has 0 atom stereocenters. The van der Waals surface area contributed by atoms with Crippen LogP contribution in [0.2, 0.25) is 10.0 Å². The summed E-state index contributed by atoms with van der Waals surface area (Å²) in [6, 6.07) is 5.05. The zero-order chi connectivity index (χ0) is 16.1. The molecule has 1 aliphatic rings. The Hall–Kier alpha value is -1.14. The quantitative estimate of drug-likeness (QED) is 0.580. The van der Waals surface area contributed by atoms with E-state index in [2.05, 4.69) is 4.98 Å². The van der Waals surface area contributed by atoms with E-state index in [1.54, 1.807) is 29.5 Å².